The number of benzene rings is 2. The van der Waals surface area contributed by atoms with E-state index in [1.165, 1.54) is 0 Å². The first kappa shape index (κ1) is 9.74. The van der Waals surface area contributed by atoms with Gasteiger partial charge in [0.05, 0.1) is 5.02 Å². The van der Waals surface area contributed by atoms with Gasteiger partial charge in [-0.3, -0.25) is 0 Å². The van der Waals surface area contributed by atoms with Crippen LogP contribution in [0.25, 0.3) is 10.8 Å². The lowest BCUT2D eigenvalue weighted by atomic mass is 10.1. The maximum Gasteiger partial charge on any atom is 0.501 e. The number of hydrogen-bond donors (Lipinski definition) is 0. The summed E-state index contributed by atoms with van der Waals surface area (Å²) in [6.45, 7) is 0. The van der Waals surface area contributed by atoms with Gasteiger partial charge < -0.3 is 8.37 Å². The molecule has 6 heteroatoms. The fourth-order valence-electron chi connectivity index (χ4n) is 1.63. The molecule has 0 unspecified atom stereocenters. The van der Waals surface area contributed by atoms with E-state index < -0.39 is 10.4 Å². The number of fused-ring (bicyclic) bond motifs is 2. The number of rotatable bonds is 0. The highest BCUT2D eigenvalue weighted by Crippen LogP contribution is 2.45. The topological polar surface area (TPSA) is 52.6 Å². The van der Waals surface area contributed by atoms with Crippen molar-refractivity contribution >= 4 is 32.8 Å². The molecule has 2 aromatic rings. The third kappa shape index (κ3) is 1.32. The Balaban J connectivity index is 2.40. The molecule has 3 rings (SSSR count). The zero-order valence-corrected chi connectivity index (χ0v) is 9.38. The lowest BCUT2D eigenvalue weighted by Gasteiger charge is -2.02. The summed E-state index contributed by atoms with van der Waals surface area (Å²) in [4.78, 5) is 0. The molecular weight excluding hydrogens is 252 g/mol. The monoisotopic (exact) mass is 256 g/mol. The Morgan fingerprint density at radius 1 is 1.12 bits per heavy atom. The van der Waals surface area contributed by atoms with Gasteiger partial charge >= 0.3 is 10.4 Å². The minimum atomic E-state index is -3.99. The molecule has 1 aliphatic rings. The third-order valence-corrected chi connectivity index (χ3v) is 3.41. The van der Waals surface area contributed by atoms with Gasteiger partial charge in [0.1, 0.15) is 0 Å². The summed E-state index contributed by atoms with van der Waals surface area (Å²) in [5.41, 5.74) is 0. The van der Waals surface area contributed by atoms with Crippen LogP contribution in [0, 0.1) is 0 Å². The van der Waals surface area contributed by atoms with Crippen molar-refractivity contribution in [1.29, 1.82) is 0 Å². The quantitative estimate of drug-likeness (QED) is 0.727. The van der Waals surface area contributed by atoms with Crippen molar-refractivity contribution in [2.75, 3.05) is 0 Å². The lowest BCUT2D eigenvalue weighted by molar-refractivity contribution is 0.436. The maximum absolute atomic E-state index is 11.1. The van der Waals surface area contributed by atoms with E-state index in [1.54, 1.807) is 12.1 Å². The molecule has 16 heavy (non-hydrogen) atoms. The summed E-state index contributed by atoms with van der Waals surface area (Å²) in [6.07, 6.45) is 0. The molecule has 1 heterocycles. The van der Waals surface area contributed by atoms with Gasteiger partial charge in [-0.2, -0.15) is 0 Å². The van der Waals surface area contributed by atoms with Crippen molar-refractivity contribution in [3.05, 3.63) is 35.4 Å². The van der Waals surface area contributed by atoms with Gasteiger partial charge in [-0.1, -0.05) is 35.9 Å². The highest BCUT2D eigenvalue weighted by atomic mass is 35.5. The van der Waals surface area contributed by atoms with Crippen LogP contribution in [0.4, 0.5) is 0 Å². The van der Waals surface area contributed by atoms with Gasteiger partial charge in [-0.25, -0.2) is 0 Å². The van der Waals surface area contributed by atoms with Crippen molar-refractivity contribution in [2.24, 2.45) is 0 Å². The summed E-state index contributed by atoms with van der Waals surface area (Å²) < 4.78 is 31.5. The molecule has 0 saturated heterocycles. The van der Waals surface area contributed by atoms with E-state index in [9.17, 15) is 8.42 Å². The number of hydrogen-bond acceptors (Lipinski definition) is 4. The van der Waals surface area contributed by atoms with E-state index in [1.807, 2.05) is 18.2 Å². The Labute approximate surface area is 96.7 Å². The molecule has 0 spiro atoms. The zero-order valence-electron chi connectivity index (χ0n) is 7.81. The number of halogens is 1. The van der Waals surface area contributed by atoms with Gasteiger partial charge in [-0.15, -0.1) is 8.42 Å². The smallest absolute Gasteiger partial charge is 0.349 e. The predicted octanol–water partition coefficient (Wildman–Crippen LogP) is 2.51. The molecule has 1 aliphatic heterocycles. The second-order valence-corrected chi connectivity index (χ2v) is 4.84. The van der Waals surface area contributed by atoms with Gasteiger partial charge in [-0.05, 0) is 11.5 Å². The Bertz CT molecular complexity index is 693. The summed E-state index contributed by atoms with van der Waals surface area (Å²) in [6, 6.07) is 8.82. The molecule has 0 amide bonds. The normalized spacial score (nSPS) is 16.6. The summed E-state index contributed by atoms with van der Waals surface area (Å²) >= 11 is 6.04. The molecule has 0 aliphatic carbocycles. The van der Waals surface area contributed by atoms with E-state index in [4.69, 9.17) is 11.6 Å². The van der Waals surface area contributed by atoms with Crippen LogP contribution in [0.5, 0.6) is 11.5 Å². The van der Waals surface area contributed by atoms with E-state index >= 15 is 0 Å². The highest BCUT2D eigenvalue weighted by Gasteiger charge is 2.31. The van der Waals surface area contributed by atoms with Crippen molar-refractivity contribution in [2.45, 2.75) is 0 Å². The third-order valence-electron chi connectivity index (χ3n) is 2.28. The van der Waals surface area contributed by atoms with E-state index in [0.29, 0.717) is 0 Å². The Morgan fingerprint density at radius 3 is 2.69 bits per heavy atom. The summed E-state index contributed by atoms with van der Waals surface area (Å²) in [7, 11) is -3.99. The first-order chi connectivity index (χ1) is 7.57. The molecule has 0 saturated carbocycles. The molecule has 0 bridgehead atoms. The molecule has 0 fully saturated rings. The molecule has 0 radical (unpaired) electrons. The van der Waals surface area contributed by atoms with Crippen LogP contribution in [0.3, 0.4) is 0 Å². The molecule has 4 nitrogen and oxygen atoms in total. The highest BCUT2D eigenvalue weighted by molar-refractivity contribution is 7.82. The van der Waals surface area contributed by atoms with Crippen LogP contribution in [0.2, 0.25) is 5.02 Å². The van der Waals surface area contributed by atoms with Crippen molar-refractivity contribution in [3.8, 4) is 11.5 Å². The largest absolute Gasteiger partial charge is 0.501 e. The SMILES string of the molecule is O=S1(=O)Oc2cc3ccccc3c(Cl)c2O1. The standard InChI is InChI=1S/C10H5ClO4S/c11-9-7-4-2-1-3-6(7)5-8-10(9)15-16(12,13)14-8/h1-5H. The fraction of sp³-hybridized carbons (Fsp3) is 0. The van der Waals surface area contributed by atoms with E-state index in [2.05, 4.69) is 8.37 Å². The first-order valence-corrected chi connectivity index (χ1v) is 6.13. The van der Waals surface area contributed by atoms with Crippen molar-refractivity contribution in [1.82, 2.24) is 0 Å². The van der Waals surface area contributed by atoms with Crippen LogP contribution in [0.15, 0.2) is 30.3 Å². The molecule has 82 valence electrons. The summed E-state index contributed by atoms with van der Waals surface area (Å²) in [5, 5.41) is 1.77. The second-order valence-electron chi connectivity index (χ2n) is 3.31. The minimum absolute atomic E-state index is 0.0559. The Morgan fingerprint density at radius 2 is 1.88 bits per heavy atom. The second kappa shape index (κ2) is 3.02. The summed E-state index contributed by atoms with van der Waals surface area (Å²) in [5.74, 6) is 0.184. The molecule has 2 aromatic carbocycles. The molecule has 0 atom stereocenters. The average Bonchev–Trinajstić information content (AvgIpc) is 2.53. The van der Waals surface area contributed by atoms with Crippen LogP contribution in [-0.2, 0) is 10.4 Å². The Hall–Kier alpha value is -1.46. The van der Waals surface area contributed by atoms with E-state index in [-0.39, 0.29) is 16.5 Å². The minimum Gasteiger partial charge on any atom is -0.349 e. The Kier molecular flexibility index (Phi) is 1.84. The zero-order chi connectivity index (χ0) is 11.3. The van der Waals surface area contributed by atoms with Gasteiger partial charge in [0.25, 0.3) is 0 Å². The van der Waals surface area contributed by atoms with Crippen molar-refractivity contribution < 1.29 is 16.8 Å². The van der Waals surface area contributed by atoms with Crippen LogP contribution < -0.4 is 8.37 Å². The fourth-order valence-corrected chi connectivity index (χ4v) is 2.73. The van der Waals surface area contributed by atoms with Gasteiger partial charge in [0.2, 0.25) is 5.75 Å². The lowest BCUT2D eigenvalue weighted by Crippen LogP contribution is -2.08. The van der Waals surface area contributed by atoms with Crippen LogP contribution in [0.1, 0.15) is 0 Å². The van der Waals surface area contributed by atoms with E-state index in [0.717, 1.165) is 10.8 Å². The van der Waals surface area contributed by atoms with Gasteiger partial charge in [0, 0.05) is 5.39 Å². The van der Waals surface area contributed by atoms with Crippen molar-refractivity contribution in [3.63, 3.8) is 0 Å². The van der Waals surface area contributed by atoms with Crippen LogP contribution >= 0.6 is 11.6 Å². The van der Waals surface area contributed by atoms with Gasteiger partial charge in [0.15, 0.2) is 5.75 Å². The van der Waals surface area contributed by atoms with Crippen LogP contribution in [-0.4, -0.2) is 8.42 Å². The average molecular weight is 257 g/mol. The molecule has 0 aromatic heterocycles. The predicted molar refractivity (Wildman–Crippen MR) is 59.1 cm³/mol. The maximum atomic E-state index is 11.1. The first-order valence-electron chi connectivity index (χ1n) is 4.42. The molecule has 0 N–H and O–H groups in total. The molecular formula is C10H5ClO4S.